The van der Waals surface area contributed by atoms with Crippen LogP contribution in [-0.4, -0.2) is 36.1 Å². The average Bonchev–Trinajstić information content (AvgIpc) is 3.02. The molecule has 2 rings (SSSR count). The summed E-state index contributed by atoms with van der Waals surface area (Å²) in [7, 11) is 0. The molecule has 1 heterocycles. The Morgan fingerprint density at radius 3 is 1.43 bits per heavy atom. The fourth-order valence-electron chi connectivity index (χ4n) is 1.69. The topological polar surface area (TPSA) is 53.0 Å². The number of ether oxygens (including phenoxy) is 1. The van der Waals surface area contributed by atoms with Gasteiger partial charge in [-0.3, -0.25) is 0 Å². The second-order valence-corrected chi connectivity index (χ2v) is 4.40. The van der Waals surface area contributed by atoms with E-state index in [9.17, 15) is 0 Å². The van der Waals surface area contributed by atoms with Crippen molar-refractivity contribution in [2.45, 2.75) is 38.7 Å². The molecule has 2 fully saturated rings. The Balaban J connectivity index is 0.000000203. The number of epoxide rings is 1. The Morgan fingerprint density at radius 2 is 1.29 bits per heavy atom. The first-order valence-electron chi connectivity index (χ1n) is 5.59. The van der Waals surface area contributed by atoms with E-state index in [-0.39, 0.29) is 0 Å². The lowest BCUT2D eigenvalue weighted by Crippen LogP contribution is -2.19. The zero-order valence-corrected chi connectivity index (χ0v) is 8.98. The highest BCUT2D eigenvalue weighted by Crippen LogP contribution is 2.27. The minimum absolute atomic E-state index is 0.331. The highest BCUT2D eigenvalue weighted by molar-refractivity contribution is 4.70. The largest absolute Gasteiger partial charge is 0.396 e. The van der Waals surface area contributed by atoms with Gasteiger partial charge in [-0.05, 0) is 44.4 Å². The smallest absolute Gasteiger partial charge is 0.0781 e. The lowest BCUT2D eigenvalue weighted by molar-refractivity contribution is 0.131. The van der Waals surface area contributed by atoms with E-state index in [4.69, 9.17) is 14.9 Å². The van der Waals surface area contributed by atoms with E-state index in [1.165, 1.54) is 0 Å². The van der Waals surface area contributed by atoms with E-state index in [1.54, 1.807) is 0 Å². The van der Waals surface area contributed by atoms with Crippen molar-refractivity contribution in [2.75, 3.05) is 19.8 Å². The molecule has 3 heteroatoms. The van der Waals surface area contributed by atoms with Crippen molar-refractivity contribution in [3.8, 4) is 0 Å². The quantitative estimate of drug-likeness (QED) is 0.661. The van der Waals surface area contributed by atoms with Crippen LogP contribution in [0.3, 0.4) is 0 Å². The fourth-order valence-corrected chi connectivity index (χ4v) is 1.69. The van der Waals surface area contributed by atoms with Gasteiger partial charge in [0, 0.05) is 13.2 Å². The Morgan fingerprint density at radius 1 is 1.00 bits per heavy atom. The van der Waals surface area contributed by atoms with E-state index in [0.717, 1.165) is 32.3 Å². The van der Waals surface area contributed by atoms with Crippen molar-refractivity contribution in [1.29, 1.82) is 0 Å². The van der Waals surface area contributed by atoms with Crippen LogP contribution in [-0.2, 0) is 4.74 Å². The maximum Gasteiger partial charge on any atom is 0.0781 e. The minimum atomic E-state index is 0.331. The predicted molar refractivity (Wildman–Crippen MR) is 55.0 cm³/mol. The summed E-state index contributed by atoms with van der Waals surface area (Å²) in [6.07, 6.45) is 4.98. The van der Waals surface area contributed by atoms with Crippen LogP contribution >= 0.6 is 0 Å². The van der Waals surface area contributed by atoms with Gasteiger partial charge in [0.15, 0.2) is 0 Å². The Bertz CT molecular complexity index is 125. The second kappa shape index (κ2) is 6.38. The molecule has 2 N–H and O–H groups in total. The number of hydrogen-bond acceptors (Lipinski definition) is 3. The maximum atomic E-state index is 8.79. The van der Waals surface area contributed by atoms with Crippen molar-refractivity contribution >= 4 is 0 Å². The van der Waals surface area contributed by atoms with E-state index in [1.807, 2.05) is 0 Å². The summed E-state index contributed by atoms with van der Waals surface area (Å²) >= 11 is 0. The van der Waals surface area contributed by atoms with Gasteiger partial charge >= 0.3 is 0 Å². The normalized spacial score (nSPS) is 35.8. The van der Waals surface area contributed by atoms with Crippen LogP contribution in [0.15, 0.2) is 0 Å². The Hall–Kier alpha value is -0.120. The molecule has 1 saturated carbocycles. The first-order chi connectivity index (χ1) is 6.76. The van der Waals surface area contributed by atoms with Crippen molar-refractivity contribution in [1.82, 2.24) is 0 Å². The SMILES string of the molecule is CC1CO1.OCC1CCC(CO)CC1. The van der Waals surface area contributed by atoms with E-state index in [2.05, 4.69) is 6.92 Å². The molecule has 0 aromatic heterocycles. The third kappa shape index (κ3) is 4.94. The molecule has 0 spiro atoms. The summed E-state index contributed by atoms with van der Waals surface area (Å²) in [5, 5.41) is 17.6. The van der Waals surface area contributed by atoms with E-state index >= 15 is 0 Å². The van der Waals surface area contributed by atoms with Gasteiger partial charge in [0.2, 0.25) is 0 Å². The molecule has 1 saturated heterocycles. The molecule has 14 heavy (non-hydrogen) atoms. The lowest BCUT2D eigenvalue weighted by Gasteiger charge is -2.25. The molecule has 0 aromatic carbocycles. The summed E-state index contributed by atoms with van der Waals surface area (Å²) in [5.74, 6) is 1.03. The zero-order chi connectivity index (χ0) is 10.4. The summed E-state index contributed by atoms with van der Waals surface area (Å²) in [5.41, 5.74) is 0. The first-order valence-corrected chi connectivity index (χ1v) is 5.59. The molecule has 1 unspecified atom stereocenters. The van der Waals surface area contributed by atoms with Gasteiger partial charge in [0.25, 0.3) is 0 Å². The molecule has 1 atom stereocenters. The third-order valence-corrected chi connectivity index (χ3v) is 2.98. The second-order valence-electron chi connectivity index (χ2n) is 4.40. The monoisotopic (exact) mass is 202 g/mol. The van der Waals surface area contributed by atoms with Gasteiger partial charge in [0.1, 0.15) is 0 Å². The van der Waals surface area contributed by atoms with Crippen molar-refractivity contribution in [3.05, 3.63) is 0 Å². The fraction of sp³-hybridized carbons (Fsp3) is 1.00. The summed E-state index contributed by atoms with van der Waals surface area (Å²) in [4.78, 5) is 0. The van der Waals surface area contributed by atoms with Gasteiger partial charge in [-0.2, -0.15) is 0 Å². The Labute approximate surface area is 86.1 Å². The first kappa shape index (κ1) is 12.0. The number of aliphatic hydroxyl groups is 2. The molecule has 1 aliphatic heterocycles. The van der Waals surface area contributed by atoms with Crippen LogP contribution in [0.5, 0.6) is 0 Å². The van der Waals surface area contributed by atoms with Crippen LogP contribution in [0.2, 0.25) is 0 Å². The predicted octanol–water partition coefficient (Wildman–Crippen LogP) is 1.18. The lowest BCUT2D eigenvalue weighted by atomic mass is 9.83. The van der Waals surface area contributed by atoms with E-state index in [0.29, 0.717) is 31.2 Å². The molecule has 0 aromatic rings. The van der Waals surface area contributed by atoms with Gasteiger partial charge in [-0.15, -0.1) is 0 Å². The zero-order valence-electron chi connectivity index (χ0n) is 8.98. The summed E-state index contributed by atoms with van der Waals surface area (Å²) < 4.78 is 4.71. The van der Waals surface area contributed by atoms with Crippen LogP contribution < -0.4 is 0 Å². The molecule has 3 nitrogen and oxygen atoms in total. The molecule has 0 bridgehead atoms. The minimum Gasteiger partial charge on any atom is -0.396 e. The summed E-state index contributed by atoms with van der Waals surface area (Å²) in [6.45, 7) is 3.70. The van der Waals surface area contributed by atoms with Crippen molar-refractivity contribution < 1.29 is 14.9 Å². The molecule has 0 amide bonds. The molecule has 1 aliphatic carbocycles. The van der Waals surface area contributed by atoms with Crippen LogP contribution in [0, 0.1) is 11.8 Å². The van der Waals surface area contributed by atoms with Crippen molar-refractivity contribution in [3.63, 3.8) is 0 Å². The molecule has 0 radical (unpaired) electrons. The van der Waals surface area contributed by atoms with Crippen LogP contribution in [0.1, 0.15) is 32.6 Å². The highest BCUT2D eigenvalue weighted by Gasteiger charge is 2.19. The average molecular weight is 202 g/mol. The van der Waals surface area contributed by atoms with E-state index < -0.39 is 0 Å². The Kier molecular flexibility index (Phi) is 5.45. The van der Waals surface area contributed by atoms with Gasteiger partial charge < -0.3 is 14.9 Å². The third-order valence-electron chi connectivity index (χ3n) is 2.98. The van der Waals surface area contributed by atoms with Crippen LogP contribution in [0.25, 0.3) is 0 Å². The highest BCUT2D eigenvalue weighted by atomic mass is 16.6. The maximum absolute atomic E-state index is 8.79. The molecular formula is C11H22O3. The van der Waals surface area contributed by atoms with Crippen molar-refractivity contribution in [2.24, 2.45) is 11.8 Å². The standard InChI is InChI=1S/C8H16O2.C3H6O/c9-5-7-1-2-8(6-10)4-3-7;1-3-2-4-3/h7-10H,1-6H2;3H,2H2,1H3. The molecule has 84 valence electrons. The van der Waals surface area contributed by atoms with Gasteiger partial charge in [0.05, 0.1) is 12.7 Å². The van der Waals surface area contributed by atoms with Gasteiger partial charge in [-0.1, -0.05) is 0 Å². The number of aliphatic hydroxyl groups excluding tert-OH is 2. The molecular weight excluding hydrogens is 180 g/mol. The number of hydrogen-bond donors (Lipinski definition) is 2. The van der Waals surface area contributed by atoms with Gasteiger partial charge in [-0.25, -0.2) is 0 Å². The number of rotatable bonds is 2. The van der Waals surface area contributed by atoms with Crippen LogP contribution in [0.4, 0.5) is 0 Å². The summed E-state index contributed by atoms with van der Waals surface area (Å²) in [6, 6.07) is 0. The molecule has 2 aliphatic rings.